The highest BCUT2D eigenvalue weighted by molar-refractivity contribution is 5.13. The van der Waals surface area contributed by atoms with Crippen LogP contribution in [0.25, 0.3) is 0 Å². The minimum atomic E-state index is 0.0830. The van der Waals surface area contributed by atoms with Gasteiger partial charge in [-0.25, -0.2) is 0 Å². The van der Waals surface area contributed by atoms with Crippen LogP contribution in [0.3, 0.4) is 0 Å². The van der Waals surface area contributed by atoms with Gasteiger partial charge in [0.1, 0.15) is 0 Å². The van der Waals surface area contributed by atoms with E-state index in [0.29, 0.717) is 0 Å². The predicted molar refractivity (Wildman–Crippen MR) is 45.2 cm³/mol. The Morgan fingerprint density at radius 3 is 2.27 bits per heavy atom. The molecular formula is C8H16N2O. The lowest BCUT2D eigenvalue weighted by Crippen LogP contribution is -1.86. The molecule has 1 heterocycles. The first-order valence-electron chi connectivity index (χ1n) is 3.84. The zero-order valence-electron chi connectivity index (χ0n) is 7.63. The van der Waals surface area contributed by atoms with Crippen molar-refractivity contribution in [2.24, 2.45) is 7.05 Å². The normalized spacial score (nSPS) is 8.82. The van der Waals surface area contributed by atoms with Crippen molar-refractivity contribution in [3.8, 4) is 0 Å². The van der Waals surface area contributed by atoms with Gasteiger partial charge in [0.15, 0.2) is 0 Å². The molecule has 0 aliphatic heterocycles. The van der Waals surface area contributed by atoms with E-state index >= 15 is 0 Å². The zero-order chi connectivity index (χ0) is 8.85. The Labute approximate surface area is 67.7 Å². The van der Waals surface area contributed by atoms with E-state index in [4.69, 9.17) is 5.11 Å². The molecule has 0 fully saturated rings. The smallest absolute Gasteiger partial charge is 0.0715 e. The van der Waals surface area contributed by atoms with Gasteiger partial charge in [0.05, 0.1) is 12.3 Å². The molecule has 0 aliphatic rings. The molecule has 1 aromatic rings. The van der Waals surface area contributed by atoms with Crippen LogP contribution in [-0.4, -0.2) is 14.9 Å². The van der Waals surface area contributed by atoms with E-state index in [0.717, 1.165) is 11.3 Å². The number of hydrogen-bond donors (Lipinski definition) is 1. The third-order valence-corrected chi connectivity index (χ3v) is 1.29. The minimum absolute atomic E-state index is 0.0830. The number of aliphatic hydroxyl groups is 1. The summed E-state index contributed by atoms with van der Waals surface area (Å²) in [5.41, 5.74) is 1.80. The number of hydrogen-bond acceptors (Lipinski definition) is 2. The van der Waals surface area contributed by atoms with Crippen LogP contribution in [-0.2, 0) is 13.7 Å². The first kappa shape index (κ1) is 10.2. The molecule has 0 spiro atoms. The van der Waals surface area contributed by atoms with Crippen LogP contribution in [0.1, 0.15) is 25.1 Å². The van der Waals surface area contributed by atoms with Crippen LogP contribution in [0.5, 0.6) is 0 Å². The first-order chi connectivity index (χ1) is 5.24. The fraction of sp³-hybridized carbons (Fsp3) is 0.625. The van der Waals surface area contributed by atoms with Crippen molar-refractivity contribution in [1.82, 2.24) is 9.78 Å². The SMILES string of the molecule is CC.Cc1nn(C)cc1CO. The van der Waals surface area contributed by atoms with Gasteiger partial charge in [-0.2, -0.15) is 5.10 Å². The maximum atomic E-state index is 8.68. The predicted octanol–water partition coefficient (Wildman–Crippen LogP) is 1.25. The van der Waals surface area contributed by atoms with Crippen molar-refractivity contribution in [3.05, 3.63) is 17.5 Å². The van der Waals surface area contributed by atoms with Crippen LogP contribution < -0.4 is 0 Å². The standard InChI is InChI=1S/C6H10N2O.C2H6/c1-5-6(4-9)3-8(2)7-5;1-2/h3,9H,4H2,1-2H3;1-2H3. The van der Waals surface area contributed by atoms with Gasteiger partial charge in [0.2, 0.25) is 0 Å². The minimum Gasteiger partial charge on any atom is -0.392 e. The average Bonchev–Trinajstić information content (AvgIpc) is 2.33. The molecule has 3 heteroatoms. The van der Waals surface area contributed by atoms with E-state index in [1.54, 1.807) is 4.68 Å². The topological polar surface area (TPSA) is 38.0 Å². The van der Waals surface area contributed by atoms with Crippen LogP contribution in [0.15, 0.2) is 6.20 Å². The highest BCUT2D eigenvalue weighted by atomic mass is 16.3. The number of rotatable bonds is 1. The van der Waals surface area contributed by atoms with Crippen molar-refractivity contribution in [2.75, 3.05) is 0 Å². The van der Waals surface area contributed by atoms with Crippen molar-refractivity contribution in [1.29, 1.82) is 0 Å². The molecule has 11 heavy (non-hydrogen) atoms. The fourth-order valence-electron chi connectivity index (χ4n) is 0.804. The van der Waals surface area contributed by atoms with E-state index < -0.39 is 0 Å². The van der Waals surface area contributed by atoms with E-state index in [-0.39, 0.29) is 6.61 Å². The largest absolute Gasteiger partial charge is 0.392 e. The fourth-order valence-corrected chi connectivity index (χ4v) is 0.804. The quantitative estimate of drug-likeness (QED) is 0.664. The van der Waals surface area contributed by atoms with Gasteiger partial charge in [-0.15, -0.1) is 0 Å². The van der Waals surface area contributed by atoms with E-state index in [1.165, 1.54) is 0 Å². The molecule has 0 aromatic carbocycles. The molecule has 1 aromatic heterocycles. The Kier molecular flexibility index (Phi) is 4.54. The molecular weight excluding hydrogens is 140 g/mol. The second-order valence-corrected chi connectivity index (χ2v) is 2.07. The molecule has 0 radical (unpaired) electrons. The second-order valence-electron chi connectivity index (χ2n) is 2.07. The van der Waals surface area contributed by atoms with Crippen LogP contribution in [0, 0.1) is 6.92 Å². The molecule has 1 rings (SSSR count). The van der Waals surface area contributed by atoms with Gasteiger partial charge in [-0.3, -0.25) is 4.68 Å². The zero-order valence-corrected chi connectivity index (χ0v) is 7.63. The Morgan fingerprint density at radius 2 is 2.09 bits per heavy atom. The maximum absolute atomic E-state index is 8.68. The molecule has 0 amide bonds. The van der Waals surface area contributed by atoms with Gasteiger partial charge in [-0.1, -0.05) is 13.8 Å². The van der Waals surface area contributed by atoms with Gasteiger partial charge in [0.25, 0.3) is 0 Å². The van der Waals surface area contributed by atoms with Gasteiger partial charge < -0.3 is 5.11 Å². The Morgan fingerprint density at radius 1 is 1.55 bits per heavy atom. The number of nitrogens with zero attached hydrogens (tertiary/aromatic N) is 2. The van der Waals surface area contributed by atoms with Crippen molar-refractivity contribution < 1.29 is 5.11 Å². The average molecular weight is 156 g/mol. The molecule has 1 N–H and O–H groups in total. The van der Waals surface area contributed by atoms with E-state index in [2.05, 4.69) is 5.10 Å². The molecule has 0 bridgehead atoms. The lowest BCUT2D eigenvalue weighted by Gasteiger charge is -1.84. The summed E-state index contributed by atoms with van der Waals surface area (Å²) in [5, 5.41) is 12.7. The maximum Gasteiger partial charge on any atom is 0.0715 e. The molecule has 0 atom stereocenters. The number of aromatic nitrogens is 2. The summed E-state index contributed by atoms with van der Waals surface area (Å²) < 4.78 is 1.70. The summed E-state index contributed by atoms with van der Waals surface area (Å²) in [7, 11) is 1.84. The Hall–Kier alpha value is -0.830. The van der Waals surface area contributed by atoms with Crippen LogP contribution in [0.4, 0.5) is 0 Å². The van der Waals surface area contributed by atoms with Crippen molar-refractivity contribution in [3.63, 3.8) is 0 Å². The summed E-state index contributed by atoms with van der Waals surface area (Å²) in [6.07, 6.45) is 1.81. The second kappa shape index (κ2) is 4.91. The molecule has 0 saturated carbocycles. The first-order valence-corrected chi connectivity index (χ1v) is 3.84. The molecule has 3 nitrogen and oxygen atoms in total. The molecule has 0 aliphatic carbocycles. The Balaban J connectivity index is 0.000000461. The summed E-state index contributed by atoms with van der Waals surface area (Å²) in [6, 6.07) is 0. The van der Waals surface area contributed by atoms with Gasteiger partial charge in [-0.05, 0) is 6.92 Å². The highest BCUT2D eigenvalue weighted by Crippen LogP contribution is 2.02. The summed E-state index contributed by atoms with van der Waals surface area (Å²) in [4.78, 5) is 0. The Bertz CT molecular complexity index is 206. The molecule has 64 valence electrons. The van der Waals surface area contributed by atoms with Crippen LogP contribution >= 0.6 is 0 Å². The van der Waals surface area contributed by atoms with E-state index in [9.17, 15) is 0 Å². The third kappa shape index (κ3) is 2.72. The molecule has 0 unspecified atom stereocenters. The van der Waals surface area contributed by atoms with Crippen molar-refractivity contribution in [2.45, 2.75) is 27.4 Å². The van der Waals surface area contributed by atoms with Gasteiger partial charge in [0, 0.05) is 18.8 Å². The monoisotopic (exact) mass is 156 g/mol. The molecule has 0 saturated heterocycles. The number of aliphatic hydroxyl groups excluding tert-OH is 1. The lowest BCUT2D eigenvalue weighted by molar-refractivity contribution is 0.281. The van der Waals surface area contributed by atoms with E-state index in [1.807, 2.05) is 34.0 Å². The summed E-state index contributed by atoms with van der Waals surface area (Å²) >= 11 is 0. The summed E-state index contributed by atoms with van der Waals surface area (Å²) in [5.74, 6) is 0. The van der Waals surface area contributed by atoms with Crippen molar-refractivity contribution >= 4 is 0 Å². The third-order valence-electron chi connectivity index (χ3n) is 1.29. The van der Waals surface area contributed by atoms with Crippen LogP contribution in [0.2, 0.25) is 0 Å². The van der Waals surface area contributed by atoms with Gasteiger partial charge >= 0.3 is 0 Å². The highest BCUT2D eigenvalue weighted by Gasteiger charge is 1.98. The summed E-state index contributed by atoms with van der Waals surface area (Å²) in [6.45, 7) is 5.96. The lowest BCUT2D eigenvalue weighted by atomic mass is 10.3. The number of aryl methyl sites for hydroxylation is 2.